The lowest BCUT2D eigenvalue weighted by Crippen LogP contribution is -2.52. The van der Waals surface area contributed by atoms with Gasteiger partial charge in [0.25, 0.3) is 0 Å². The van der Waals surface area contributed by atoms with Crippen LogP contribution in [-0.4, -0.2) is 47.0 Å². The molecule has 8 nitrogen and oxygen atoms in total. The lowest BCUT2D eigenvalue weighted by Gasteiger charge is -2.22. The molecular formula is C10H18N2O6. The van der Waals surface area contributed by atoms with Gasteiger partial charge >= 0.3 is 23.0 Å². The summed E-state index contributed by atoms with van der Waals surface area (Å²) in [5, 5.41) is 23.7. The Kier molecular flexibility index (Phi) is 4.66. The minimum absolute atomic E-state index is 0.143. The molecule has 18 heavy (non-hydrogen) atoms. The minimum atomic E-state index is -1.75. The molecule has 0 aliphatic carbocycles. The Hall–Kier alpha value is -1.86. The molecule has 0 fully saturated rings. The average molecular weight is 262 g/mol. The number of hydrogen-bond donors (Lipinski definition) is 0. The zero-order chi connectivity index (χ0) is 14.7. The van der Waals surface area contributed by atoms with Crippen molar-refractivity contribution in [2.75, 3.05) is 14.2 Å². The molecule has 0 aromatic carbocycles. The van der Waals surface area contributed by atoms with Crippen molar-refractivity contribution >= 4 is 11.9 Å². The van der Waals surface area contributed by atoms with Crippen LogP contribution >= 0.6 is 0 Å². The smallest absolute Gasteiger partial charge is 0.386 e. The van der Waals surface area contributed by atoms with Gasteiger partial charge in [0, 0.05) is 27.7 Å². The number of carbonyl (C=O) groups excluding carboxylic acids is 2. The quantitative estimate of drug-likeness (QED) is 0.313. The number of esters is 2. The molecule has 0 bridgehead atoms. The van der Waals surface area contributed by atoms with Crippen LogP contribution in [0.3, 0.4) is 0 Å². The third kappa shape index (κ3) is 2.69. The van der Waals surface area contributed by atoms with Crippen LogP contribution in [-0.2, 0) is 19.1 Å². The van der Waals surface area contributed by atoms with Crippen molar-refractivity contribution in [3.05, 3.63) is 10.4 Å². The van der Waals surface area contributed by atoms with Crippen molar-refractivity contribution in [2.45, 2.75) is 38.8 Å². The SMILES string of the molecule is COC(=O)C(C)(C)/[N+]([O-])=[N+](\[O-])C(C)(C)C(=O)OC. The van der Waals surface area contributed by atoms with Gasteiger partial charge in [-0.05, 0) is 0 Å². The summed E-state index contributed by atoms with van der Waals surface area (Å²) in [5.74, 6) is -1.78. The number of nitrogens with zero attached hydrogens (tertiary/aromatic N) is 2. The number of ether oxygens (including phenoxy) is 2. The molecule has 0 atom stereocenters. The summed E-state index contributed by atoms with van der Waals surface area (Å²) in [6.45, 7) is 4.85. The van der Waals surface area contributed by atoms with E-state index in [1.54, 1.807) is 0 Å². The zero-order valence-corrected chi connectivity index (χ0v) is 11.3. The molecule has 0 rings (SSSR count). The first-order chi connectivity index (χ1) is 8.03. The van der Waals surface area contributed by atoms with Gasteiger partial charge in [-0.15, -0.1) is 0 Å². The molecule has 0 saturated carbocycles. The van der Waals surface area contributed by atoms with Gasteiger partial charge in [0.15, 0.2) is 0 Å². The highest BCUT2D eigenvalue weighted by Crippen LogP contribution is 2.16. The van der Waals surface area contributed by atoms with Gasteiger partial charge in [-0.25, -0.2) is 9.59 Å². The molecule has 0 aliphatic heterocycles. The van der Waals surface area contributed by atoms with Gasteiger partial charge in [0.05, 0.1) is 23.9 Å². The largest absolute Gasteiger partial charge is 0.566 e. The van der Waals surface area contributed by atoms with E-state index >= 15 is 0 Å². The summed E-state index contributed by atoms with van der Waals surface area (Å²) < 4.78 is 8.85. The summed E-state index contributed by atoms with van der Waals surface area (Å²) in [4.78, 5) is 22.5. The highest BCUT2D eigenvalue weighted by Gasteiger charge is 2.51. The molecule has 8 heteroatoms. The third-order valence-electron chi connectivity index (χ3n) is 2.49. The summed E-state index contributed by atoms with van der Waals surface area (Å²) in [5.41, 5.74) is -3.50. The Labute approximate surface area is 105 Å². The Morgan fingerprint density at radius 1 is 0.833 bits per heavy atom. The Bertz CT molecular complexity index is 350. The lowest BCUT2D eigenvalue weighted by atomic mass is 10.1. The Balaban J connectivity index is 5.63. The topological polar surface area (TPSA) is 105 Å². The molecule has 0 aromatic heterocycles. The van der Waals surface area contributed by atoms with Crippen LogP contribution in [0.25, 0.3) is 0 Å². The Morgan fingerprint density at radius 2 is 1.06 bits per heavy atom. The van der Waals surface area contributed by atoms with E-state index in [4.69, 9.17) is 0 Å². The van der Waals surface area contributed by atoms with Gasteiger partial charge in [-0.1, -0.05) is 0 Å². The fourth-order valence-corrected chi connectivity index (χ4v) is 1.11. The van der Waals surface area contributed by atoms with Crippen LogP contribution < -0.4 is 0 Å². The predicted molar refractivity (Wildman–Crippen MR) is 59.4 cm³/mol. The normalized spacial score (nSPS) is 13.7. The Morgan fingerprint density at radius 3 is 1.22 bits per heavy atom. The molecule has 0 saturated heterocycles. The first-order valence-corrected chi connectivity index (χ1v) is 5.15. The monoisotopic (exact) mass is 262 g/mol. The van der Waals surface area contributed by atoms with Gasteiger partial charge in [-0.3, -0.25) is 0 Å². The molecule has 0 unspecified atom stereocenters. The number of rotatable bonds is 4. The maximum absolute atomic E-state index is 11.9. The average Bonchev–Trinajstić information content (AvgIpc) is 2.34. The molecule has 0 radical (unpaired) electrons. The summed E-state index contributed by atoms with van der Waals surface area (Å²) in [6, 6.07) is 0. The summed E-state index contributed by atoms with van der Waals surface area (Å²) >= 11 is 0. The fraction of sp³-hybridized carbons (Fsp3) is 0.800. The lowest BCUT2D eigenvalue weighted by molar-refractivity contribution is -1.01. The summed E-state index contributed by atoms with van der Waals surface area (Å²) in [6.07, 6.45) is 0. The number of carbonyl (C=O) groups is 2. The van der Waals surface area contributed by atoms with Gasteiger partial charge in [-0.2, -0.15) is 0 Å². The second kappa shape index (κ2) is 5.19. The molecular weight excluding hydrogens is 244 g/mol. The van der Waals surface area contributed by atoms with E-state index in [1.807, 2.05) is 0 Å². The van der Waals surface area contributed by atoms with Crippen LogP contribution in [0.15, 0.2) is 0 Å². The zero-order valence-electron chi connectivity index (χ0n) is 11.3. The maximum Gasteiger partial charge on any atom is 0.386 e. The number of methoxy groups -OCH3 is 2. The van der Waals surface area contributed by atoms with Gasteiger partial charge in [0.1, 0.15) is 0 Å². The first-order valence-electron chi connectivity index (χ1n) is 5.15. The van der Waals surface area contributed by atoms with Crippen LogP contribution in [0.4, 0.5) is 0 Å². The molecule has 0 amide bonds. The van der Waals surface area contributed by atoms with Crippen molar-refractivity contribution in [2.24, 2.45) is 0 Å². The van der Waals surface area contributed by atoms with Gasteiger partial charge < -0.3 is 19.9 Å². The van der Waals surface area contributed by atoms with Crippen molar-refractivity contribution in [3.63, 3.8) is 0 Å². The van der Waals surface area contributed by atoms with Crippen molar-refractivity contribution < 1.29 is 28.8 Å². The predicted octanol–water partition coefficient (Wildman–Crippen LogP) is 0.362. The van der Waals surface area contributed by atoms with Crippen molar-refractivity contribution in [1.29, 1.82) is 0 Å². The third-order valence-corrected chi connectivity index (χ3v) is 2.49. The highest BCUT2D eigenvalue weighted by molar-refractivity contribution is 5.78. The molecule has 0 N–H and O–H groups in total. The van der Waals surface area contributed by atoms with E-state index in [-0.39, 0.29) is 9.72 Å². The van der Waals surface area contributed by atoms with Crippen molar-refractivity contribution in [1.82, 2.24) is 0 Å². The van der Waals surface area contributed by atoms with E-state index in [0.29, 0.717) is 0 Å². The number of hydroxylamine groups is 2. The van der Waals surface area contributed by atoms with Crippen LogP contribution in [0, 0.1) is 10.4 Å². The summed E-state index contributed by atoms with van der Waals surface area (Å²) in [7, 11) is 2.19. The molecule has 0 heterocycles. The highest BCUT2D eigenvalue weighted by atomic mass is 16.6. The fourth-order valence-electron chi connectivity index (χ4n) is 1.11. The van der Waals surface area contributed by atoms with E-state index in [2.05, 4.69) is 9.47 Å². The second-order valence-electron chi connectivity index (χ2n) is 4.65. The van der Waals surface area contributed by atoms with E-state index in [1.165, 1.54) is 27.7 Å². The first kappa shape index (κ1) is 16.1. The van der Waals surface area contributed by atoms with Crippen LogP contribution in [0.1, 0.15) is 27.7 Å². The molecule has 0 aromatic rings. The minimum Gasteiger partial charge on any atom is -0.566 e. The van der Waals surface area contributed by atoms with E-state index < -0.39 is 23.0 Å². The molecule has 0 spiro atoms. The van der Waals surface area contributed by atoms with E-state index in [9.17, 15) is 20.0 Å². The van der Waals surface area contributed by atoms with Crippen LogP contribution in [0.2, 0.25) is 0 Å². The van der Waals surface area contributed by atoms with Gasteiger partial charge in [0.2, 0.25) is 0 Å². The second-order valence-corrected chi connectivity index (χ2v) is 4.65. The maximum atomic E-state index is 11.9. The van der Waals surface area contributed by atoms with Crippen LogP contribution in [0.5, 0.6) is 0 Å². The van der Waals surface area contributed by atoms with E-state index in [0.717, 1.165) is 14.2 Å². The standard InChI is InChI=1S/C10H18N2O6/c1-9(2,7(13)17-5)11(15)12(16)10(3,4)8(14)18-6/h1-6H3/b12-11+. The van der Waals surface area contributed by atoms with Crippen molar-refractivity contribution in [3.8, 4) is 0 Å². The molecule has 0 aliphatic rings. The number of hydrogen-bond acceptors (Lipinski definition) is 6. The molecule has 104 valence electrons. The number of azo groups is 1.